The summed E-state index contributed by atoms with van der Waals surface area (Å²) in [5, 5.41) is 2.65. The van der Waals surface area contributed by atoms with E-state index in [0.29, 0.717) is 12.3 Å². The van der Waals surface area contributed by atoms with Crippen LogP contribution in [0, 0.1) is 6.92 Å². The Hall–Kier alpha value is -2.30. The third-order valence-corrected chi connectivity index (χ3v) is 2.76. The molecule has 2 heterocycles. The number of rotatable bonds is 1. The Morgan fingerprint density at radius 3 is 3.12 bits per heavy atom. The smallest absolute Gasteiger partial charge is 0.410 e. The van der Waals surface area contributed by atoms with Gasteiger partial charge in [0.1, 0.15) is 5.75 Å². The number of carbonyl (C=O) groups excluding carboxylic acids is 1. The van der Waals surface area contributed by atoms with E-state index in [9.17, 15) is 4.79 Å². The number of carbonyl (C=O) groups is 1. The standard InChI is InChI=1S/C12H11N3O2/c1-8-4-10(15-3-2-13-7-15)5-9-6-14-12(16)17-11(8)9/h2-5,7H,6H2,1H3,(H,14,16). The number of nitrogens with zero attached hydrogens (tertiary/aromatic N) is 2. The molecule has 0 unspecified atom stereocenters. The van der Waals surface area contributed by atoms with Crippen LogP contribution in [-0.4, -0.2) is 15.6 Å². The highest BCUT2D eigenvalue weighted by Crippen LogP contribution is 2.29. The molecule has 0 saturated carbocycles. The van der Waals surface area contributed by atoms with Gasteiger partial charge >= 0.3 is 6.09 Å². The van der Waals surface area contributed by atoms with Crippen LogP contribution in [0.3, 0.4) is 0 Å². The fraction of sp³-hybridized carbons (Fsp3) is 0.167. The van der Waals surface area contributed by atoms with E-state index in [-0.39, 0.29) is 0 Å². The van der Waals surface area contributed by atoms with Crippen LogP contribution in [0.1, 0.15) is 11.1 Å². The van der Waals surface area contributed by atoms with Crippen LogP contribution in [0.15, 0.2) is 30.9 Å². The molecule has 1 N–H and O–H groups in total. The van der Waals surface area contributed by atoms with Gasteiger partial charge in [-0.3, -0.25) is 0 Å². The molecule has 0 radical (unpaired) electrons. The van der Waals surface area contributed by atoms with E-state index in [1.54, 1.807) is 12.5 Å². The first-order valence-corrected chi connectivity index (χ1v) is 5.31. The number of fused-ring (bicyclic) bond motifs is 1. The molecule has 1 aromatic heterocycles. The van der Waals surface area contributed by atoms with Crippen molar-refractivity contribution in [2.24, 2.45) is 0 Å². The van der Waals surface area contributed by atoms with Gasteiger partial charge in [-0.05, 0) is 24.6 Å². The van der Waals surface area contributed by atoms with Crippen LogP contribution in [0.2, 0.25) is 0 Å². The molecule has 0 atom stereocenters. The lowest BCUT2D eigenvalue weighted by Crippen LogP contribution is -2.31. The molecule has 86 valence electrons. The van der Waals surface area contributed by atoms with Gasteiger partial charge in [-0.1, -0.05) is 0 Å². The molecule has 5 heteroatoms. The summed E-state index contributed by atoms with van der Waals surface area (Å²) in [6.45, 7) is 2.43. The predicted octanol–water partition coefficient (Wildman–Crippen LogP) is 1.78. The molecule has 2 aromatic rings. The summed E-state index contributed by atoms with van der Waals surface area (Å²) in [4.78, 5) is 15.2. The molecule has 0 spiro atoms. The predicted molar refractivity (Wildman–Crippen MR) is 61.2 cm³/mol. The van der Waals surface area contributed by atoms with Crippen molar-refractivity contribution in [1.29, 1.82) is 0 Å². The van der Waals surface area contributed by atoms with E-state index in [1.807, 2.05) is 29.8 Å². The number of hydrogen-bond donors (Lipinski definition) is 1. The maximum atomic E-state index is 11.1. The Labute approximate surface area is 98.0 Å². The van der Waals surface area contributed by atoms with Gasteiger partial charge in [-0.25, -0.2) is 9.78 Å². The minimum absolute atomic E-state index is 0.393. The van der Waals surface area contributed by atoms with Crippen molar-refractivity contribution in [3.8, 4) is 11.4 Å². The molecule has 1 aromatic carbocycles. The summed E-state index contributed by atoms with van der Waals surface area (Å²) in [6.07, 6.45) is 4.95. The maximum absolute atomic E-state index is 11.1. The van der Waals surface area contributed by atoms with Crippen molar-refractivity contribution in [1.82, 2.24) is 14.9 Å². The van der Waals surface area contributed by atoms with Crippen LogP contribution in [-0.2, 0) is 6.54 Å². The van der Waals surface area contributed by atoms with Gasteiger partial charge in [0.15, 0.2) is 0 Å². The Balaban J connectivity index is 2.11. The van der Waals surface area contributed by atoms with Crippen LogP contribution >= 0.6 is 0 Å². The van der Waals surface area contributed by atoms with E-state index in [1.165, 1.54) is 0 Å². The summed E-state index contributed by atoms with van der Waals surface area (Å²) < 4.78 is 7.08. The number of nitrogens with one attached hydrogen (secondary N) is 1. The number of ether oxygens (including phenoxy) is 1. The molecule has 1 amide bonds. The van der Waals surface area contributed by atoms with Crippen molar-refractivity contribution >= 4 is 6.09 Å². The highest BCUT2D eigenvalue weighted by Gasteiger charge is 2.19. The van der Waals surface area contributed by atoms with Crippen LogP contribution < -0.4 is 10.1 Å². The SMILES string of the molecule is Cc1cc(-n2ccnc2)cc2c1OC(=O)NC2. The Kier molecular flexibility index (Phi) is 2.11. The number of aromatic nitrogens is 2. The second-order valence-electron chi connectivity index (χ2n) is 3.96. The fourth-order valence-electron chi connectivity index (χ4n) is 1.96. The second-order valence-corrected chi connectivity index (χ2v) is 3.96. The van der Waals surface area contributed by atoms with Crippen LogP contribution in [0.25, 0.3) is 5.69 Å². The quantitative estimate of drug-likeness (QED) is 0.811. The molecule has 1 aliphatic heterocycles. The van der Waals surface area contributed by atoms with E-state index < -0.39 is 6.09 Å². The molecule has 0 aliphatic carbocycles. The monoisotopic (exact) mass is 229 g/mol. The number of benzene rings is 1. The lowest BCUT2D eigenvalue weighted by Gasteiger charge is -2.20. The molecule has 17 heavy (non-hydrogen) atoms. The highest BCUT2D eigenvalue weighted by atomic mass is 16.6. The van der Waals surface area contributed by atoms with Gasteiger partial charge in [0.25, 0.3) is 0 Å². The van der Waals surface area contributed by atoms with E-state index >= 15 is 0 Å². The summed E-state index contributed by atoms with van der Waals surface area (Å²) in [7, 11) is 0. The van der Waals surface area contributed by atoms with Gasteiger partial charge in [0.05, 0.1) is 6.33 Å². The molecular formula is C12H11N3O2. The molecule has 0 saturated heterocycles. The number of imidazole rings is 1. The molecule has 5 nitrogen and oxygen atoms in total. The lowest BCUT2D eigenvalue weighted by molar-refractivity contribution is 0.194. The normalized spacial score (nSPS) is 13.8. The Bertz CT molecular complexity index is 576. The Morgan fingerprint density at radius 1 is 1.47 bits per heavy atom. The first kappa shape index (κ1) is 9.89. The summed E-state index contributed by atoms with van der Waals surface area (Å²) in [5.74, 6) is 0.664. The van der Waals surface area contributed by atoms with Crippen molar-refractivity contribution in [2.45, 2.75) is 13.5 Å². The average Bonchev–Trinajstić information content (AvgIpc) is 2.83. The summed E-state index contributed by atoms with van der Waals surface area (Å²) in [6, 6.07) is 3.96. The van der Waals surface area contributed by atoms with Gasteiger partial charge in [-0.15, -0.1) is 0 Å². The lowest BCUT2D eigenvalue weighted by atomic mass is 10.1. The average molecular weight is 229 g/mol. The summed E-state index contributed by atoms with van der Waals surface area (Å²) in [5.41, 5.74) is 2.94. The highest BCUT2D eigenvalue weighted by molar-refractivity contribution is 5.74. The maximum Gasteiger partial charge on any atom is 0.412 e. The van der Waals surface area contributed by atoms with Gasteiger partial charge in [0, 0.05) is 30.2 Å². The number of aryl methyl sites for hydroxylation is 1. The largest absolute Gasteiger partial charge is 0.412 e. The van der Waals surface area contributed by atoms with E-state index in [2.05, 4.69) is 10.3 Å². The van der Waals surface area contributed by atoms with Gasteiger partial charge in [0.2, 0.25) is 0 Å². The van der Waals surface area contributed by atoms with Crippen LogP contribution in [0.4, 0.5) is 4.79 Å². The molecule has 3 rings (SSSR count). The third kappa shape index (κ3) is 1.65. The number of amides is 1. The first-order chi connectivity index (χ1) is 8.24. The number of hydrogen-bond acceptors (Lipinski definition) is 3. The Morgan fingerprint density at radius 2 is 2.35 bits per heavy atom. The molecule has 0 fully saturated rings. The minimum atomic E-state index is -0.393. The molecule has 0 bridgehead atoms. The topological polar surface area (TPSA) is 56.2 Å². The van der Waals surface area contributed by atoms with Crippen molar-refractivity contribution in [3.05, 3.63) is 42.0 Å². The fourth-order valence-corrected chi connectivity index (χ4v) is 1.96. The van der Waals surface area contributed by atoms with Crippen LogP contribution in [0.5, 0.6) is 5.75 Å². The van der Waals surface area contributed by atoms with E-state index in [0.717, 1.165) is 16.8 Å². The molecule has 1 aliphatic rings. The zero-order chi connectivity index (χ0) is 11.8. The first-order valence-electron chi connectivity index (χ1n) is 5.31. The van der Waals surface area contributed by atoms with Gasteiger partial charge in [-0.2, -0.15) is 0 Å². The third-order valence-electron chi connectivity index (χ3n) is 2.76. The minimum Gasteiger partial charge on any atom is -0.410 e. The van der Waals surface area contributed by atoms with Gasteiger partial charge < -0.3 is 14.6 Å². The van der Waals surface area contributed by atoms with Crippen molar-refractivity contribution in [2.75, 3.05) is 0 Å². The van der Waals surface area contributed by atoms with E-state index in [4.69, 9.17) is 4.74 Å². The zero-order valence-electron chi connectivity index (χ0n) is 9.30. The molecular weight excluding hydrogens is 218 g/mol. The van der Waals surface area contributed by atoms with Crippen molar-refractivity contribution < 1.29 is 9.53 Å². The van der Waals surface area contributed by atoms with Crippen molar-refractivity contribution in [3.63, 3.8) is 0 Å². The second kappa shape index (κ2) is 3.62. The zero-order valence-corrected chi connectivity index (χ0v) is 9.30. The summed E-state index contributed by atoms with van der Waals surface area (Å²) >= 11 is 0.